The fourth-order valence-electron chi connectivity index (χ4n) is 2.48. The second kappa shape index (κ2) is 5.58. The lowest BCUT2D eigenvalue weighted by Gasteiger charge is -2.10. The van der Waals surface area contributed by atoms with Crippen molar-refractivity contribution in [2.24, 2.45) is 5.73 Å². The number of nitrogens with two attached hydrogens (primary N) is 1. The van der Waals surface area contributed by atoms with Crippen molar-refractivity contribution < 1.29 is 8.81 Å². The molecule has 0 amide bonds. The monoisotopic (exact) mass is 348 g/mol. The lowest BCUT2D eigenvalue weighted by Crippen LogP contribution is -2.13. The molecule has 0 saturated heterocycles. The van der Waals surface area contributed by atoms with Crippen molar-refractivity contribution in [3.05, 3.63) is 63.8 Å². The molecule has 0 radical (unpaired) electrons. The summed E-state index contributed by atoms with van der Waals surface area (Å²) in [5.41, 5.74) is 8.81. The predicted molar refractivity (Wildman–Crippen MR) is 83.5 cm³/mol. The molecule has 21 heavy (non-hydrogen) atoms. The molecule has 108 valence electrons. The van der Waals surface area contributed by atoms with Crippen LogP contribution in [0.3, 0.4) is 0 Å². The Balaban J connectivity index is 1.94. The van der Waals surface area contributed by atoms with Gasteiger partial charge in [0.05, 0.1) is 6.04 Å². The number of pyridine rings is 1. The molecule has 2 heterocycles. The number of hydrogen-bond donors (Lipinski definition) is 1. The van der Waals surface area contributed by atoms with Crippen molar-refractivity contribution >= 4 is 26.9 Å². The van der Waals surface area contributed by atoms with Gasteiger partial charge >= 0.3 is 0 Å². The molecule has 0 saturated carbocycles. The second-order valence-electron chi connectivity index (χ2n) is 5.05. The molecule has 2 aromatic heterocycles. The van der Waals surface area contributed by atoms with Gasteiger partial charge in [-0.3, -0.25) is 4.98 Å². The summed E-state index contributed by atoms with van der Waals surface area (Å²) in [5.74, 6) is 0.415. The molecular formula is C16H14BrFN2O. The fraction of sp³-hybridized carbons (Fsp3) is 0.188. The Morgan fingerprint density at radius 1 is 1.33 bits per heavy atom. The molecule has 2 N–H and O–H groups in total. The largest absolute Gasteiger partial charge is 0.459 e. The Labute approximate surface area is 130 Å². The van der Waals surface area contributed by atoms with E-state index in [1.165, 1.54) is 12.1 Å². The van der Waals surface area contributed by atoms with Gasteiger partial charge in [0.15, 0.2) is 0 Å². The van der Waals surface area contributed by atoms with Gasteiger partial charge in [-0.15, -0.1) is 0 Å². The van der Waals surface area contributed by atoms with Crippen LogP contribution in [0.4, 0.5) is 4.39 Å². The Hall–Kier alpha value is -1.72. The Bertz CT molecular complexity index is 800. The first-order valence-corrected chi connectivity index (χ1v) is 7.37. The minimum atomic E-state index is -0.295. The van der Waals surface area contributed by atoms with Crippen LogP contribution < -0.4 is 5.73 Å². The third-order valence-electron chi connectivity index (χ3n) is 3.49. The number of hydrogen-bond acceptors (Lipinski definition) is 3. The van der Waals surface area contributed by atoms with Crippen LogP contribution in [0, 0.1) is 12.7 Å². The summed E-state index contributed by atoms with van der Waals surface area (Å²) < 4.78 is 20.0. The summed E-state index contributed by atoms with van der Waals surface area (Å²) in [6, 6.07) is 6.18. The summed E-state index contributed by atoms with van der Waals surface area (Å²) in [5, 5.41) is 0.771. The zero-order valence-electron chi connectivity index (χ0n) is 11.4. The van der Waals surface area contributed by atoms with Gasteiger partial charge in [0.25, 0.3) is 0 Å². The first-order valence-electron chi connectivity index (χ1n) is 6.58. The van der Waals surface area contributed by atoms with Crippen molar-refractivity contribution in [1.82, 2.24) is 4.98 Å². The van der Waals surface area contributed by atoms with E-state index >= 15 is 0 Å². The van der Waals surface area contributed by atoms with Crippen LogP contribution in [0.25, 0.3) is 11.0 Å². The number of rotatable bonds is 3. The molecule has 3 rings (SSSR count). The summed E-state index contributed by atoms with van der Waals surface area (Å²) in [6.45, 7) is 1.90. The number of furan rings is 1. The van der Waals surface area contributed by atoms with E-state index in [4.69, 9.17) is 10.2 Å². The van der Waals surface area contributed by atoms with Crippen LogP contribution in [0.5, 0.6) is 0 Å². The Kier molecular flexibility index (Phi) is 3.78. The maximum atomic E-state index is 13.3. The van der Waals surface area contributed by atoms with E-state index in [1.807, 2.05) is 13.0 Å². The van der Waals surface area contributed by atoms with Crippen LogP contribution in [-0.2, 0) is 6.42 Å². The number of aromatic nitrogens is 1. The molecule has 0 bridgehead atoms. The minimum absolute atomic E-state index is 0.275. The Morgan fingerprint density at radius 2 is 2.14 bits per heavy atom. The van der Waals surface area contributed by atoms with Crippen molar-refractivity contribution in [2.45, 2.75) is 19.4 Å². The lowest BCUT2D eigenvalue weighted by molar-refractivity contribution is 0.489. The molecule has 0 aliphatic rings. The van der Waals surface area contributed by atoms with Crippen LogP contribution in [0.2, 0.25) is 0 Å². The molecule has 3 aromatic rings. The average Bonchev–Trinajstić information content (AvgIpc) is 2.76. The van der Waals surface area contributed by atoms with E-state index in [0.717, 1.165) is 21.0 Å². The van der Waals surface area contributed by atoms with E-state index in [2.05, 4.69) is 20.9 Å². The quantitative estimate of drug-likeness (QED) is 0.768. The first-order chi connectivity index (χ1) is 10.0. The number of benzene rings is 1. The highest BCUT2D eigenvalue weighted by molar-refractivity contribution is 9.10. The van der Waals surface area contributed by atoms with Gasteiger partial charge in [0.2, 0.25) is 0 Å². The molecule has 3 nitrogen and oxygen atoms in total. The number of fused-ring (bicyclic) bond motifs is 1. The standard InChI is InChI=1S/C16H14BrFN2O/c1-9-13-6-12(18)2-3-15(13)21-16(9)14(19)5-10-4-11(17)8-20-7-10/h2-4,6-8,14H,5,19H2,1H3. The minimum Gasteiger partial charge on any atom is -0.459 e. The third-order valence-corrected chi connectivity index (χ3v) is 3.92. The summed E-state index contributed by atoms with van der Waals surface area (Å²) in [6.07, 6.45) is 4.11. The zero-order valence-corrected chi connectivity index (χ0v) is 13.0. The molecule has 0 spiro atoms. The SMILES string of the molecule is Cc1c(C(N)Cc2cncc(Br)c2)oc2ccc(F)cc12. The van der Waals surface area contributed by atoms with Gasteiger partial charge < -0.3 is 10.2 Å². The van der Waals surface area contributed by atoms with Gasteiger partial charge in [-0.25, -0.2) is 4.39 Å². The van der Waals surface area contributed by atoms with Gasteiger partial charge in [-0.05, 0) is 59.1 Å². The van der Waals surface area contributed by atoms with Crippen molar-refractivity contribution in [1.29, 1.82) is 0 Å². The maximum Gasteiger partial charge on any atom is 0.134 e. The third kappa shape index (κ3) is 2.84. The molecule has 0 fully saturated rings. The molecule has 0 aliphatic heterocycles. The van der Waals surface area contributed by atoms with E-state index in [9.17, 15) is 4.39 Å². The summed E-state index contributed by atoms with van der Waals surface area (Å²) in [4.78, 5) is 4.13. The van der Waals surface area contributed by atoms with Crippen LogP contribution in [0.1, 0.15) is 22.9 Å². The molecule has 1 aromatic carbocycles. The first kappa shape index (κ1) is 14.2. The van der Waals surface area contributed by atoms with Gasteiger partial charge in [0, 0.05) is 27.8 Å². The summed E-state index contributed by atoms with van der Waals surface area (Å²) in [7, 11) is 0. The van der Waals surface area contributed by atoms with Gasteiger partial charge in [-0.1, -0.05) is 0 Å². The number of nitrogens with zero attached hydrogens (tertiary/aromatic N) is 1. The van der Waals surface area contributed by atoms with Crippen LogP contribution in [0.15, 0.2) is 45.5 Å². The number of aryl methyl sites for hydroxylation is 1. The maximum absolute atomic E-state index is 13.3. The van der Waals surface area contributed by atoms with Gasteiger partial charge in [0.1, 0.15) is 17.2 Å². The highest BCUT2D eigenvalue weighted by atomic mass is 79.9. The van der Waals surface area contributed by atoms with Gasteiger partial charge in [-0.2, -0.15) is 0 Å². The van der Waals surface area contributed by atoms with E-state index in [-0.39, 0.29) is 11.9 Å². The van der Waals surface area contributed by atoms with Crippen LogP contribution >= 0.6 is 15.9 Å². The molecule has 0 aliphatic carbocycles. The van der Waals surface area contributed by atoms with E-state index < -0.39 is 0 Å². The van der Waals surface area contributed by atoms with Crippen LogP contribution in [-0.4, -0.2) is 4.98 Å². The highest BCUT2D eigenvalue weighted by Gasteiger charge is 2.18. The normalized spacial score (nSPS) is 12.8. The zero-order chi connectivity index (χ0) is 15.0. The fourth-order valence-corrected chi connectivity index (χ4v) is 2.89. The lowest BCUT2D eigenvalue weighted by atomic mass is 10.0. The Morgan fingerprint density at radius 3 is 2.90 bits per heavy atom. The molecule has 1 unspecified atom stereocenters. The smallest absolute Gasteiger partial charge is 0.134 e. The highest BCUT2D eigenvalue weighted by Crippen LogP contribution is 2.30. The molecular weight excluding hydrogens is 335 g/mol. The van der Waals surface area contributed by atoms with Crippen molar-refractivity contribution in [3.63, 3.8) is 0 Å². The predicted octanol–water partition coefficient (Wildman–Crippen LogP) is 4.28. The molecule has 5 heteroatoms. The summed E-state index contributed by atoms with van der Waals surface area (Å²) >= 11 is 3.39. The number of halogens is 2. The molecule has 1 atom stereocenters. The topological polar surface area (TPSA) is 52.0 Å². The van der Waals surface area contributed by atoms with Crippen molar-refractivity contribution in [2.75, 3.05) is 0 Å². The van der Waals surface area contributed by atoms with E-state index in [1.54, 1.807) is 18.5 Å². The van der Waals surface area contributed by atoms with E-state index in [0.29, 0.717) is 17.8 Å². The van der Waals surface area contributed by atoms with Crippen molar-refractivity contribution in [3.8, 4) is 0 Å². The average molecular weight is 349 g/mol. The second-order valence-corrected chi connectivity index (χ2v) is 5.97.